The zero-order valence-electron chi connectivity index (χ0n) is 8.43. The van der Waals surface area contributed by atoms with E-state index in [-0.39, 0.29) is 18.3 Å². The monoisotopic (exact) mass is 207 g/mol. The number of hydrogen-bond donors (Lipinski definition) is 2. The lowest BCUT2D eigenvalue weighted by atomic mass is 10.1. The van der Waals surface area contributed by atoms with Gasteiger partial charge >= 0.3 is 0 Å². The molecule has 1 atom stereocenters. The van der Waals surface area contributed by atoms with Gasteiger partial charge in [0.15, 0.2) is 5.78 Å². The normalized spacial score (nSPS) is 11.9. The van der Waals surface area contributed by atoms with E-state index in [2.05, 4.69) is 5.32 Å². The second-order valence-corrected chi connectivity index (χ2v) is 3.19. The van der Waals surface area contributed by atoms with Crippen molar-refractivity contribution < 1.29 is 14.7 Å². The molecule has 1 aromatic rings. The number of nitrogens with one attached hydrogen (secondary N) is 1. The molecule has 4 nitrogen and oxygen atoms in total. The average Bonchev–Trinajstić information content (AvgIpc) is 2.26. The standard InChI is InChI=1S/C11H13NO3/c1-8(14)10(7-13)12-11(15)9-5-3-2-4-6-9/h2-6,10,13H,7H2,1H3,(H,12,15). The predicted molar refractivity (Wildman–Crippen MR) is 55.5 cm³/mol. The van der Waals surface area contributed by atoms with E-state index >= 15 is 0 Å². The van der Waals surface area contributed by atoms with E-state index in [9.17, 15) is 9.59 Å². The quantitative estimate of drug-likeness (QED) is 0.749. The van der Waals surface area contributed by atoms with Crippen molar-refractivity contribution in [1.82, 2.24) is 5.32 Å². The highest BCUT2D eigenvalue weighted by atomic mass is 16.3. The Morgan fingerprint density at radius 3 is 2.40 bits per heavy atom. The van der Waals surface area contributed by atoms with Crippen LogP contribution in [0.5, 0.6) is 0 Å². The van der Waals surface area contributed by atoms with Crippen LogP contribution in [0.25, 0.3) is 0 Å². The zero-order chi connectivity index (χ0) is 11.3. The molecular weight excluding hydrogens is 194 g/mol. The van der Waals surface area contributed by atoms with Crippen LogP contribution in [0.1, 0.15) is 17.3 Å². The Balaban J connectivity index is 2.67. The minimum absolute atomic E-state index is 0.262. The smallest absolute Gasteiger partial charge is 0.251 e. The summed E-state index contributed by atoms with van der Waals surface area (Å²) in [6, 6.07) is 7.73. The summed E-state index contributed by atoms with van der Waals surface area (Å²) in [5, 5.41) is 11.3. The summed E-state index contributed by atoms with van der Waals surface area (Å²) in [7, 11) is 0. The molecule has 0 radical (unpaired) electrons. The number of amides is 1. The molecular formula is C11H13NO3. The SMILES string of the molecule is CC(=O)C(CO)NC(=O)c1ccccc1. The number of Topliss-reactive ketones (excluding diaryl/α,β-unsaturated/α-hetero) is 1. The fourth-order valence-corrected chi connectivity index (χ4v) is 1.11. The zero-order valence-corrected chi connectivity index (χ0v) is 8.43. The van der Waals surface area contributed by atoms with Crippen molar-refractivity contribution in [3.8, 4) is 0 Å². The molecule has 80 valence electrons. The van der Waals surface area contributed by atoms with E-state index in [1.54, 1.807) is 30.3 Å². The van der Waals surface area contributed by atoms with Crippen LogP contribution in [0, 0.1) is 0 Å². The lowest BCUT2D eigenvalue weighted by Crippen LogP contribution is -2.42. The van der Waals surface area contributed by atoms with Crippen molar-refractivity contribution in [2.75, 3.05) is 6.61 Å². The number of hydrogen-bond acceptors (Lipinski definition) is 3. The average molecular weight is 207 g/mol. The summed E-state index contributed by atoms with van der Waals surface area (Å²) >= 11 is 0. The van der Waals surface area contributed by atoms with Gasteiger partial charge in [-0.15, -0.1) is 0 Å². The van der Waals surface area contributed by atoms with Crippen LogP contribution in [0.4, 0.5) is 0 Å². The van der Waals surface area contributed by atoms with Gasteiger partial charge in [0.1, 0.15) is 6.04 Å². The number of aliphatic hydroxyl groups is 1. The van der Waals surface area contributed by atoms with Crippen LogP contribution in [0.15, 0.2) is 30.3 Å². The van der Waals surface area contributed by atoms with E-state index in [1.807, 2.05) is 0 Å². The van der Waals surface area contributed by atoms with Gasteiger partial charge in [-0.3, -0.25) is 9.59 Å². The Morgan fingerprint density at radius 2 is 1.93 bits per heavy atom. The second kappa shape index (κ2) is 5.26. The first kappa shape index (κ1) is 11.4. The molecule has 0 bridgehead atoms. The Morgan fingerprint density at radius 1 is 1.33 bits per heavy atom. The highest BCUT2D eigenvalue weighted by molar-refractivity contribution is 5.97. The number of carbonyl (C=O) groups is 2. The maximum absolute atomic E-state index is 11.5. The Bertz CT molecular complexity index is 348. The predicted octanol–water partition coefficient (Wildman–Crippen LogP) is 0.366. The van der Waals surface area contributed by atoms with Gasteiger partial charge in [0.25, 0.3) is 5.91 Å². The van der Waals surface area contributed by atoms with Crippen molar-refractivity contribution in [1.29, 1.82) is 0 Å². The largest absolute Gasteiger partial charge is 0.394 e. The van der Waals surface area contributed by atoms with Gasteiger partial charge < -0.3 is 10.4 Å². The summed E-state index contributed by atoms with van der Waals surface area (Å²) in [5.41, 5.74) is 0.470. The Kier molecular flexibility index (Phi) is 4.00. The highest BCUT2D eigenvalue weighted by Gasteiger charge is 2.16. The summed E-state index contributed by atoms with van der Waals surface area (Å²) in [4.78, 5) is 22.5. The van der Waals surface area contributed by atoms with E-state index in [1.165, 1.54) is 6.92 Å². The first-order chi connectivity index (χ1) is 7.15. The number of ketones is 1. The molecule has 1 unspecified atom stereocenters. The first-order valence-corrected chi connectivity index (χ1v) is 4.62. The van der Waals surface area contributed by atoms with Gasteiger partial charge in [-0.1, -0.05) is 18.2 Å². The van der Waals surface area contributed by atoms with Gasteiger partial charge in [-0.25, -0.2) is 0 Å². The minimum Gasteiger partial charge on any atom is -0.394 e. The molecule has 0 fully saturated rings. The Hall–Kier alpha value is -1.68. The molecule has 0 saturated carbocycles. The van der Waals surface area contributed by atoms with Crippen molar-refractivity contribution in [3.63, 3.8) is 0 Å². The van der Waals surface area contributed by atoms with Gasteiger partial charge in [-0.2, -0.15) is 0 Å². The van der Waals surface area contributed by atoms with E-state index < -0.39 is 6.04 Å². The fraction of sp³-hybridized carbons (Fsp3) is 0.273. The summed E-state index contributed by atoms with van der Waals surface area (Å²) in [6.07, 6.45) is 0. The van der Waals surface area contributed by atoms with Crippen molar-refractivity contribution in [2.45, 2.75) is 13.0 Å². The third-order valence-corrected chi connectivity index (χ3v) is 2.01. The third-order valence-electron chi connectivity index (χ3n) is 2.01. The highest BCUT2D eigenvalue weighted by Crippen LogP contribution is 1.98. The van der Waals surface area contributed by atoms with Crippen LogP contribution in [0.2, 0.25) is 0 Å². The molecule has 2 N–H and O–H groups in total. The van der Waals surface area contributed by atoms with Crippen LogP contribution in [-0.4, -0.2) is 29.4 Å². The molecule has 0 aliphatic heterocycles. The van der Waals surface area contributed by atoms with E-state index in [0.29, 0.717) is 5.56 Å². The van der Waals surface area contributed by atoms with Gasteiger partial charge in [0.2, 0.25) is 0 Å². The van der Waals surface area contributed by atoms with Crippen LogP contribution in [0.3, 0.4) is 0 Å². The minimum atomic E-state index is -0.822. The molecule has 0 saturated heterocycles. The van der Waals surface area contributed by atoms with Crippen molar-refractivity contribution in [2.24, 2.45) is 0 Å². The Labute approximate surface area is 87.9 Å². The second-order valence-electron chi connectivity index (χ2n) is 3.19. The third kappa shape index (κ3) is 3.18. The molecule has 0 aromatic heterocycles. The van der Waals surface area contributed by atoms with Crippen LogP contribution < -0.4 is 5.32 Å². The van der Waals surface area contributed by atoms with Gasteiger partial charge in [0, 0.05) is 5.56 Å². The van der Waals surface area contributed by atoms with Crippen molar-refractivity contribution >= 4 is 11.7 Å². The van der Waals surface area contributed by atoms with Crippen LogP contribution in [-0.2, 0) is 4.79 Å². The van der Waals surface area contributed by atoms with E-state index in [4.69, 9.17) is 5.11 Å². The van der Waals surface area contributed by atoms with Crippen molar-refractivity contribution in [3.05, 3.63) is 35.9 Å². The number of carbonyl (C=O) groups excluding carboxylic acids is 2. The number of benzene rings is 1. The van der Waals surface area contributed by atoms with Gasteiger partial charge in [-0.05, 0) is 19.1 Å². The summed E-state index contributed by atoms with van der Waals surface area (Å²) in [6.45, 7) is 0.945. The molecule has 1 amide bonds. The molecule has 0 spiro atoms. The molecule has 4 heteroatoms. The maximum Gasteiger partial charge on any atom is 0.251 e. The maximum atomic E-state index is 11.5. The fourth-order valence-electron chi connectivity index (χ4n) is 1.11. The molecule has 15 heavy (non-hydrogen) atoms. The topological polar surface area (TPSA) is 66.4 Å². The molecule has 0 aliphatic carbocycles. The summed E-state index contributed by atoms with van der Waals surface area (Å²) < 4.78 is 0. The van der Waals surface area contributed by atoms with Gasteiger partial charge in [0.05, 0.1) is 6.61 Å². The first-order valence-electron chi connectivity index (χ1n) is 4.62. The van der Waals surface area contributed by atoms with E-state index in [0.717, 1.165) is 0 Å². The summed E-state index contributed by atoms with van der Waals surface area (Å²) in [5.74, 6) is -0.619. The molecule has 1 rings (SSSR count). The molecule has 1 aromatic carbocycles. The lowest BCUT2D eigenvalue weighted by Gasteiger charge is -2.12. The van der Waals surface area contributed by atoms with Crippen LogP contribution >= 0.6 is 0 Å². The number of rotatable bonds is 4. The number of aliphatic hydroxyl groups excluding tert-OH is 1. The lowest BCUT2D eigenvalue weighted by molar-refractivity contribution is -0.119. The molecule has 0 aliphatic rings. The molecule has 0 heterocycles.